The number of unbranched alkanes of at least 4 members (excludes halogenated alkanes) is 9. The zero-order chi connectivity index (χ0) is 11.9. The Bertz CT molecular complexity index is 197. The Morgan fingerprint density at radius 1 is 0.812 bits per heavy atom. The van der Waals surface area contributed by atoms with Crippen LogP contribution < -0.4 is 0 Å². The van der Waals surface area contributed by atoms with Crippen LogP contribution in [0, 0.1) is 11.8 Å². The minimum atomic E-state index is 0.659. The molecule has 0 rings (SSSR count). The van der Waals surface area contributed by atoms with Crippen molar-refractivity contribution in [2.45, 2.75) is 77.6 Å². The molecule has 0 aliphatic rings. The van der Waals surface area contributed by atoms with Crippen LogP contribution in [0.2, 0.25) is 0 Å². The Morgan fingerprint density at radius 3 is 2.00 bits per heavy atom. The minimum absolute atomic E-state index is 0.659. The van der Waals surface area contributed by atoms with Crippen molar-refractivity contribution in [2.24, 2.45) is 0 Å². The molecule has 0 heterocycles. The van der Waals surface area contributed by atoms with Gasteiger partial charge in [-0.25, -0.2) is 0 Å². The molecule has 0 unspecified atom stereocenters. The molecule has 0 spiro atoms. The zero-order valence-electron chi connectivity index (χ0n) is 10.8. The van der Waals surface area contributed by atoms with Crippen molar-refractivity contribution >= 4 is 6.29 Å². The molecule has 0 radical (unpaired) electrons. The van der Waals surface area contributed by atoms with Gasteiger partial charge in [-0.05, 0) is 12.8 Å². The fourth-order valence-corrected chi connectivity index (χ4v) is 1.62. The van der Waals surface area contributed by atoms with Gasteiger partial charge in [-0.15, -0.1) is 11.8 Å². The largest absolute Gasteiger partial charge is 0.303 e. The van der Waals surface area contributed by atoms with Gasteiger partial charge in [0, 0.05) is 19.3 Å². The second-order valence-corrected chi connectivity index (χ2v) is 4.28. The quantitative estimate of drug-likeness (QED) is 0.302. The van der Waals surface area contributed by atoms with Crippen molar-refractivity contribution in [1.29, 1.82) is 0 Å². The van der Waals surface area contributed by atoms with Gasteiger partial charge in [0.1, 0.15) is 6.29 Å². The van der Waals surface area contributed by atoms with E-state index in [4.69, 9.17) is 0 Å². The van der Waals surface area contributed by atoms with Crippen molar-refractivity contribution < 1.29 is 4.79 Å². The number of hydrogen-bond donors (Lipinski definition) is 0. The van der Waals surface area contributed by atoms with Crippen LogP contribution >= 0.6 is 0 Å². The van der Waals surface area contributed by atoms with E-state index < -0.39 is 0 Å². The molecule has 0 fully saturated rings. The van der Waals surface area contributed by atoms with Gasteiger partial charge in [0.05, 0.1) is 0 Å². The smallest absolute Gasteiger partial charge is 0.120 e. The van der Waals surface area contributed by atoms with E-state index >= 15 is 0 Å². The highest BCUT2D eigenvalue weighted by atomic mass is 16.1. The average molecular weight is 222 g/mol. The second-order valence-electron chi connectivity index (χ2n) is 4.28. The summed E-state index contributed by atoms with van der Waals surface area (Å²) in [6, 6.07) is 0. The molecule has 0 aliphatic carbocycles. The first-order valence-corrected chi connectivity index (χ1v) is 6.81. The van der Waals surface area contributed by atoms with Crippen LogP contribution in [-0.4, -0.2) is 6.29 Å². The first-order valence-electron chi connectivity index (χ1n) is 6.81. The summed E-state index contributed by atoms with van der Waals surface area (Å²) < 4.78 is 0. The van der Waals surface area contributed by atoms with Gasteiger partial charge in [0.15, 0.2) is 0 Å². The second kappa shape index (κ2) is 14.2. The predicted octanol–water partition coefficient (Wildman–Crippen LogP) is 4.50. The molecule has 0 aromatic carbocycles. The fraction of sp³-hybridized carbons (Fsp3) is 0.800. The molecular formula is C15H26O. The Morgan fingerprint density at radius 2 is 1.38 bits per heavy atom. The lowest BCUT2D eigenvalue weighted by molar-refractivity contribution is -0.107. The molecule has 0 atom stereocenters. The van der Waals surface area contributed by atoms with E-state index in [1.807, 2.05) is 0 Å². The zero-order valence-corrected chi connectivity index (χ0v) is 10.8. The van der Waals surface area contributed by atoms with E-state index in [-0.39, 0.29) is 0 Å². The molecule has 1 heteroatoms. The van der Waals surface area contributed by atoms with Gasteiger partial charge in [-0.1, -0.05) is 45.4 Å². The third-order valence-corrected chi connectivity index (χ3v) is 2.65. The Balaban J connectivity index is 3.04. The maximum Gasteiger partial charge on any atom is 0.120 e. The average Bonchev–Trinajstić information content (AvgIpc) is 2.31. The number of carbonyl (C=O) groups excluding carboxylic acids is 1. The van der Waals surface area contributed by atoms with Gasteiger partial charge < -0.3 is 4.79 Å². The molecule has 0 N–H and O–H groups in total. The van der Waals surface area contributed by atoms with Crippen LogP contribution in [-0.2, 0) is 4.79 Å². The molecule has 92 valence electrons. The molecule has 0 saturated heterocycles. The normalized spacial score (nSPS) is 9.56. The molecule has 0 saturated carbocycles. The molecule has 0 amide bonds. The van der Waals surface area contributed by atoms with Crippen LogP contribution in [0.25, 0.3) is 0 Å². The molecule has 1 nitrogen and oxygen atoms in total. The lowest BCUT2D eigenvalue weighted by Crippen LogP contribution is -1.79. The van der Waals surface area contributed by atoms with Crippen molar-refractivity contribution in [3.8, 4) is 11.8 Å². The SMILES string of the molecule is CCCCCCCCCC#CCCCC=O. The number of rotatable bonds is 10. The van der Waals surface area contributed by atoms with Gasteiger partial charge in [-0.3, -0.25) is 0 Å². The standard InChI is InChI=1S/C15H26O/c1-2-3-4-5-6-7-8-9-10-11-12-13-14-15-16/h15H,2-9,12-14H2,1H3. The topological polar surface area (TPSA) is 17.1 Å². The van der Waals surface area contributed by atoms with Crippen molar-refractivity contribution in [1.82, 2.24) is 0 Å². The molecule has 0 aliphatic heterocycles. The van der Waals surface area contributed by atoms with Crippen molar-refractivity contribution in [3.63, 3.8) is 0 Å². The number of aldehydes is 1. The highest BCUT2D eigenvalue weighted by Gasteiger charge is 1.89. The highest BCUT2D eigenvalue weighted by Crippen LogP contribution is 2.07. The van der Waals surface area contributed by atoms with Crippen molar-refractivity contribution in [3.05, 3.63) is 0 Å². The lowest BCUT2D eigenvalue weighted by atomic mass is 10.1. The van der Waals surface area contributed by atoms with Crippen LogP contribution in [0.1, 0.15) is 77.6 Å². The maximum absolute atomic E-state index is 10.0. The van der Waals surface area contributed by atoms with E-state index in [1.165, 1.54) is 44.9 Å². The van der Waals surface area contributed by atoms with Crippen LogP contribution in [0.4, 0.5) is 0 Å². The minimum Gasteiger partial charge on any atom is -0.303 e. The van der Waals surface area contributed by atoms with Gasteiger partial charge >= 0.3 is 0 Å². The first-order chi connectivity index (χ1) is 7.91. The highest BCUT2D eigenvalue weighted by molar-refractivity contribution is 5.49. The summed E-state index contributed by atoms with van der Waals surface area (Å²) in [6.07, 6.45) is 13.9. The first kappa shape index (κ1) is 15.2. The summed E-state index contributed by atoms with van der Waals surface area (Å²) in [5.74, 6) is 6.30. The van der Waals surface area contributed by atoms with E-state index in [1.54, 1.807) is 0 Å². The summed E-state index contributed by atoms with van der Waals surface area (Å²) >= 11 is 0. The van der Waals surface area contributed by atoms with Crippen LogP contribution in [0.15, 0.2) is 0 Å². The van der Waals surface area contributed by atoms with Crippen LogP contribution in [0.5, 0.6) is 0 Å². The Hall–Kier alpha value is -0.770. The van der Waals surface area contributed by atoms with Gasteiger partial charge in [-0.2, -0.15) is 0 Å². The van der Waals surface area contributed by atoms with Crippen molar-refractivity contribution in [2.75, 3.05) is 0 Å². The van der Waals surface area contributed by atoms with Crippen LogP contribution in [0.3, 0.4) is 0 Å². The summed E-state index contributed by atoms with van der Waals surface area (Å²) in [4.78, 5) is 10.0. The molecule has 0 aromatic rings. The molecule has 0 bridgehead atoms. The van der Waals surface area contributed by atoms with Gasteiger partial charge in [0.25, 0.3) is 0 Å². The fourth-order valence-electron chi connectivity index (χ4n) is 1.62. The number of hydrogen-bond acceptors (Lipinski definition) is 1. The Labute approximate surface area is 101 Å². The van der Waals surface area contributed by atoms with Gasteiger partial charge in [0.2, 0.25) is 0 Å². The van der Waals surface area contributed by atoms with E-state index in [0.29, 0.717) is 6.42 Å². The Kier molecular flexibility index (Phi) is 13.5. The van der Waals surface area contributed by atoms with E-state index in [9.17, 15) is 4.79 Å². The third-order valence-electron chi connectivity index (χ3n) is 2.65. The van der Waals surface area contributed by atoms with E-state index in [0.717, 1.165) is 25.5 Å². The third kappa shape index (κ3) is 13.2. The predicted molar refractivity (Wildman–Crippen MR) is 70.3 cm³/mol. The molecular weight excluding hydrogens is 196 g/mol. The summed E-state index contributed by atoms with van der Waals surface area (Å²) in [6.45, 7) is 2.25. The monoisotopic (exact) mass is 222 g/mol. The summed E-state index contributed by atoms with van der Waals surface area (Å²) in [5.41, 5.74) is 0. The lowest BCUT2D eigenvalue weighted by Gasteiger charge is -1.97. The maximum atomic E-state index is 10.0. The summed E-state index contributed by atoms with van der Waals surface area (Å²) in [7, 11) is 0. The molecule has 16 heavy (non-hydrogen) atoms. The summed E-state index contributed by atoms with van der Waals surface area (Å²) in [5, 5.41) is 0. The number of carbonyl (C=O) groups is 1. The van der Waals surface area contributed by atoms with E-state index in [2.05, 4.69) is 18.8 Å². The molecule has 0 aromatic heterocycles.